The number of piperidine rings is 1. The number of hydrogen-bond donors (Lipinski definition) is 1. The van der Waals surface area contributed by atoms with E-state index in [2.05, 4.69) is 19.2 Å². The molecule has 9 nitrogen and oxygen atoms in total. The fourth-order valence-corrected chi connectivity index (χ4v) is 6.85. The number of rotatable bonds is 9. The molecular formula is C28H33N3O6S2. The van der Waals surface area contributed by atoms with Crippen molar-refractivity contribution in [3.63, 3.8) is 0 Å². The van der Waals surface area contributed by atoms with Crippen LogP contribution in [0.5, 0.6) is 5.75 Å². The lowest BCUT2D eigenvalue weighted by atomic mass is 9.97. The molecule has 0 radical (unpaired) electrons. The number of ether oxygens (including phenoxy) is 1. The standard InChI is InChI=1S/C28H33N3O6S2/c1-19(2)21-6-10-24(11-7-21)39(35,36)30-15-12-22(13-16-30)26(32)29-14-17-31-27(33)25(38-28(31)34)18-20-4-8-23(37-3)9-5-20/h4-11,18-19,22H,12-17H2,1-3H3,(H,29,32). The molecule has 0 spiro atoms. The van der Waals surface area contributed by atoms with Crippen LogP contribution in [-0.2, 0) is 19.6 Å². The van der Waals surface area contributed by atoms with Crippen molar-refractivity contribution in [2.45, 2.75) is 37.5 Å². The second kappa shape index (κ2) is 12.4. The van der Waals surface area contributed by atoms with Crippen LogP contribution in [0.4, 0.5) is 4.79 Å². The molecule has 4 rings (SSSR count). The van der Waals surface area contributed by atoms with Crippen molar-refractivity contribution in [1.82, 2.24) is 14.5 Å². The molecular weight excluding hydrogens is 538 g/mol. The van der Waals surface area contributed by atoms with Gasteiger partial charge >= 0.3 is 0 Å². The van der Waals surface area contributed by atoms with E-state index < -0.39 is 15.9 Å². The van der Waals surface area contributed by atoms with Crippen molar-refractivity contribution in [3.8, 4) is 5.75 Å². The number of imide groups is 1. The van der Waals surface area contributed by atoms with Crippen molar-refractivity contribution in [2.24, 2.45) is 5.92 Å². The molecule has 2 aliphatic heterocycles. The van der Waals surface area contributed by atoms with E-state index in [1.165, 1.54) is 4.31 Å². The molecule has 2 heterocycles. The molecule has 208 valence electrons. The second-order valence-electron chi connectivity index (χ2n) is 9.80. The predicted octanol–water partition coefficient (Wildman–Crippen LogP) is 4.07. The minimum atomic E-state index is -3.62. The number of thioether (sulfide) groups is 1. The van der Waals surface area contributed by atoms with Gasteiger partial charge in [0.25, 0.3) is 11.1 Å². The zero-order chi connectivity index (χ0) is 28.2. The molecule has 11 heteroatoms. The predicted molar refractivity (Wildman–Crippen MR) is 151 cm³/mol. The molecule has 2 aromatic carbocycles. The maximum atomic E-state index is 13.0. The summed E-state index contributed by atoms with van der Waals surface area (Å²) in [4.78, 5) is 39.6. The molecule has 2 fully saturated rings. The van der Waals surface area contributed by atoms with Gasteiger partial charge in [0.05, 0.1) is 16.9 Å². The number of nitrogens with zero attached hydrogens (tertiary/aromatic N) is 2. The number of benzene rings is 2. The third-order valence-corrected chi connectivity index (χ3v) is 9.75. The molecule has 0 saturated carbocycles. The lowest BCUT2D eigenvalue weighted by molar-refractivity contribution is -0.127. The number of methoxy groups -OCH3 is 1. The zero-order valence-electron chi connectivity index (χ0n) is 22.3. The number of hydrogen-bond acceptors (Lipinski definition) is 7. The summed E-state index contributed by atoms with van der Waals surface area (Å²) in [6, 6.07) is 14.1. The van der Waals surface area contributed by atoms with Crippen LogP contribution >= 0.6 is 11.8 Å². The lowest BCUT2D eigenvalue weighted by Crippen LogP contribution is -2.44. The molecule has 3 amide bonds. The van der Waals surface area contributed by atoms with Crippen LogP contribution in [0.1, 0.15) is 43.7 Å². The van der Waals surface area contributed by atoms with Gasteiger partial charge in [-0.05, 0) is 72.0 Å². The summed E-state index contributed by atoms with van der Waals surface area (Å²) in [7, 11) is -2.05. The Morgan fingerprint density at radius 1 is 1.08 bits per heavy atom. The van der Waals surface area contributed by atoms with Crippen LogP contribution < -0.4 is 10.1 Å². The van der Waals surface area contributed by atoms with E-state index in [9.17, 15) is 22.8 Å². The fraction of sp³-hybridized carbons (Fsp3) is 0.393. The maximum absolute atomic E-state index is 13.0. The Kier molecular flexibility index (Phi) is 9.14. The molecule has 39 heavy (non-hydrogen) atoms. The van der Waals surface area contributed by atoms with Crippen LogP contribution in [0.2, 0.25) is 0 Å². The maximum Gasteiger partial charge on any atom is 0.293 e. The van der Waals surface area contributed by atoms with Crippen LogP contribution in [0.3, 0.4) is 0 Å². The van der Waals surface area contributed by atoms with Crippen LogP contribution in [0, 0.1) is 5.92 Å². The van der Waals surface area contributed by atoms with E-state index in [1.54, 1.807) is 49.6 Å². The van der Waals surface area contributed by atoms with Gasteiger partial charge in [-0.15, -0.1) is 0 Å². The van der Waals surface area contributed by atoms with E-state index in [1.807, 2.05) is 12.1 Å². The summed E-state index contributed by atoms with van der Waals surface area (Å²) in [5.41, 5.74) is 1.85. The van der Waals surface area contributed by atoms with E-state index in [0.717, 1.165) is 27.8 Å². The Balaban J connectivity index is 1.25. The Hall–Kier alpha value is -3.15. The van der Waals surface area contributed by atoms with Gasteiger partial charge in [-0.25, -0.2) is 8.42 Å². The van der Waals surface area contributed by atoms with E-state index >= 15 is 0 Å². The summed E-state index contributed by atoms with van der Waals surface area (Å²) in [6.07, 6.45) is 2.46. The average Bonchev–Trinajstić information content (AvgIpc) is 3.20. The van der Waals surface area contributed by atoms with E-state index in [0.29, 0.717) is 29.4 Å². The SMILES string of the molecule is COc1ccc(C=C2SC(=O)N(CCNC(=O)C3CCN(S(=O)(=O)c4ccc(C(C)C)cc4)CC3)C2=O)cc1. The Morgan fingerprint density at radius 2 is 1.72 bits per heavy atom. The van der Waals surface area contributed by atoms with Gasteiger partial charge in [0.2, 0.25) is 15.9 Å². The van der Waals surface area contributed by atoms with Gasteiger partial charge in [-0.3, -0.25) is 19.3 Å². The van der Waals surface area contributed by atoms with E-state index in [4.69, 9.17) is 4.74 Å². The highest BCUT2D eigenvalue weighted by atomic mass is 32.2. The second-order valence-corrected chi connectivity index (χ2v) is 12.7. The minimum absolute atomic E-state index is 0.0654. The minimum Gasteiger partial charge on any atom is -0.497 e. The van der Waals surface area contributed by atoms with Gasteiger partial charge < -0.3 is 10.1 Å². The van der Waals surface area contributed by atoms with Crippen molar-refractivity contribution in [3.05, 3.63) is 64.6 Å². The monoisotopic (exact) mass is 571 g/mol. The highest BCUT2D eigenvalue weighted by molar-refractivity contribution is 8.18. The number of sulfonamides is 1. The molecule has 0 unspecified atom stereocenters. The Labute approximate surface area is 233 Å². The third kappa shape index (κ3) is 6.71. The van der Waals surface area contributed by atoms with Gasteiger partial charge in [0, 0.05) is 32.1 Å². The number of carbonyl (C=O) groups is 3. The Bertz CT molecular complexity index is 1350. The fourth-order valence-electron chi connectivity index (χ4n) is 4.51. The molecule has 0 aromatic heterocycles. The van der Waals surface area contributed by atoms with Gasteiger partial charge in [0.15, 0.2) is 0 Å². The molecule has 0 aliphatic carbocycles. The van der Waals surface area contributed by atoms with Gasteiger partial charge in [-0.2, -0.15) is 4.31 Å². The average molecular weight is 572 g/mol. The van der Waals surface area contributed by atoms with Gasteiger partial charge in [-0.1, -0.05) is 38.1 Å². The first-order valence-corrected chi connectivity index (χ1v) is 15.1. The quantitative estimate of drug-likeness (QED) is 0.452. The number of nitrogens with one attached hydrogen (secondary N) is 1. The van der Waals surface area contributed by atoms with Crippen molar-refractivity contribution in [2.75, 3.05) is 33.3 Å². The normalized spacial score (nSPS) is 18.3. The zero-order valence-corrected chi connectivity index (χ0v) is 23.9. The number of amides is 3. The molecule has 1 N–H and O–H groups in total. The summed E-state index contributed by atoms with van der Waals surface area (Å²) in [5, 5.41) is 2.42. The first-order valence-electron chi connectivity index (χ1n) is 12.9. The van der Waals surface area contributed by atoms with E-state index in [-0.39, 0.29) is 48.1 Å². The lowest BCUT2D eigenvalue weighted by Gasteiger charge is -2.30. The summed E-state index contributed by atoms with van der Waals surface area (Å²) < 4.78 is 32.6. The van der Waals surface area contributed by atoms with Crippen LogP contribution in [0.15, 0.2) is 58.3 Å². The van der Waals surface area contributed by atoms with Crippen molar-refractivity contribution >= 4 is 44.9 Å². The van der Waals surface area contributed by atoms with Crippen LogP contribution in [0.25, 0.3) is 6.08 Å². The third-order valence-electron chi connectivity index (χ3n) is 6.93. The largest absolute Gasteiger partial charge is 0.497 e. The molecule has 0 bridgehead atoms. The smallest absolute Gasteiger partial charge is 0.293 e. The summed E-state index contributed by atoms with van der Waals surface area (Å²) >= 11 is 0.868. The van der Waals surface area contributed by atoms with Crippen molar-refractivity contribution in [1.29, 1.82) is 0 Å². The Morgan fingerprint density at radius 3 is 2.31 bits per heavy atom. The van der Waals surface area contributed by atoms with Gasteiger partial charge in [0.1, 0.15) is 5.75 Å². The summed E-state index contributed by atoms with van der Waals surface area (Å²) in [5.74, 6) is 0.0859. The topological polar surface area (TPSA) is 113 Å². The first-order chi connectivity index (χ1) is 18.6. The molecule has 0 atom stereocenters. The molecule has 2 aliphatic rings. The highest BCUT2D eigenvalue weighted by Crippen LogP contribution is 2.32. The molecule has 2 saturated heterocycles. The van der Waals surface area contributed by atoms with Crippen molar-refractivity contribution < 1.29 is 27.5 Å². The van der Waals surface area contributed by atoms with Crippen LogP contribution in [-0.4, -0.2) is 68.0 Å². The molecule has 2 aromatic rings. The number of carbonyl (C=O) groups excluding carboxylic acids is 3. The summed E-state index contributed by atoms with van der Waals surface area (Å²) in [6.45, 7) is 4.82. The first kappa shape index (κ1) is 28.8. The highest BCUT2D eigenvalue weighted by Gasteiger charge is 2.35.